The Labute approximate surface area is 381 Å². The summed E-state index contributed by atoms with van der Waals surface area (Å²) >= 11 is 3.93. The lowest BCUT2D eigenvalue weighted by atomic mass is 9.74. The Bertz CT molecular complexity index is 2980. The van der Waals surface area contributed by atoms with Gasteiger partial charge in [0.1, 0.15) is 0 Å². The molecule has 0 saturated carbocycles. The van der Waals surface area contributed by atoms with Gasteiger partial charge in [-0.25, -0.2) is 0 Å². The van der Waals surface area contributed by atoms with Crippen molar-refractivity contribution >= 4 is 63.0 Å². The summed E-state index contributed by atoms with van der Waals surface area (Å²) in [5.41, 5.74) is 15.1. The maximum atomic E-state index is 2.56. The van der Waals surface area contributed by atoms with Crippen LogP contribution < -0.4 is 0 Å². The summed E-state index contributed by atoms with van der Waals surface area (Å²) in [6, 6.07) is 41.0. The molecule has 0 atom stereocenters. The summed E-state index contributed by atoms with van der Waals surface area (Å²) in [5.74, 6) is 0. The summed E-state index contributed by atoms with van der Waals surface area (Å²) in [4.78, 5) is 0. The molecule has 8 rings (SSSR count). The van der Waals surface area contributed by atoms with Crippen molar-refractivity contribution in [3.8, 4) is 22.3 Å². The highest BCUT2D eigenvalue weighted by Crippen LogP contribution is 2.48. The van der Waals surface area contributed by atoms with Gasteiger partial charge in [-0.15, -0.1) is 22.7 Å². The van der Waals surface area contributed by atoms with E-state index in [4.69, 9.17) is 0 Å². The van der Waals surface area contributed by atoms with Gasteiger partial charge >= 0.3 is 0 Å². The molecule has 6 aromatic carbocycles. The lowest BCUT2D eigenvalue weighted by Crippen LogP contribution is -2.22. The molecular weight excluding hydrogens is 785 g/mol. The summed E-state index contributed by atoms with van der Waals surface area (Å²) < 4.78 is 5.55. The summed E-state index contributed by atoms with van der Waals surface area (Å²) in [5, 5.41) is 5.58. The predicted octanol–water partition coefficient (Wildman–Crippen LogP) is 18.8. The van der Waals surface area contributed by atoms with Gasteiger partial charge in [-0.1, -0.05) is 197 Å². The molecule has 0 saturated heterocycles. The van der Waals surface area contributed by atoms with Crippen LogP contribution in [0.5, 0.6) is 0 Å². The van der Waals surface area contributed by atoms with E-state index in [-0.39, 0.29) is 32.5 Å². The quantitative estimate of drug-likeness (QED) is 0.162. The first-order valence-corrected chi connectivity index (χ1v) is 24.5. The highest BCUT2D eigenvalue weighted by Gasteiger charge is 2.29. The van der Waals surface area contributed by atoms with Crippen molar-refractivity contribution < 1.29 is 0 Å². The standard InChI is InChI=1S/C60H70S2/c1-55(2,3)39-30-38(31-40(33-39)56(4,5)6)45-27-36(28-46-44-22-18-24-48(59(13,14)15)54(44)62-53(45)46)35-60(16,17)42-32-37(29-41(34-42)57(7,8)9)43-21-19-25-49-51(43)52-47(58(10,11)12)23-20-26-50(52)61-49/h18-34H,35H2,1-17H3. The number of benzene rings is 6. The summed E-state index contributed by atoms with van der Waals surface area (Å²) in [6.45, 7) is 40.3. The third-order valence-corrected chi connectivity index (χ3v) is 15.7. The molecule has 0 nitrogen and oxygen atoms in total. The zero-order valence-corrected chi connectivity index (χ0v) is 42.5. The molecule has 0 bridgehead atoms. The number of fused-ring (bicyclic) bond motifs is 6. The Morgan fingerprint density at radius 2 is 0.855 bits per heavy atom. The molecular formula is C60H70S2. The Kier molecular flexibility index (Phi) is 10.7. The molecule has 0 radical (unpaired) electrons. The number of hydrogen-bond acceptors (Lipinski definition) is 2. The van der Waals surface area contributed by atoms with Gasteiger partial charge in [-0.3, -0.25) is 0 Å². The molecule has 0 N–H and O–H groups in total. The second kappa shape index (κ2) is 14.9. The van der Waals surface area contributed by atoms with Gasteiger partial charge in [0.2, 0.25) is 0 Å². The highest BCUT2D eigenvalue weighted by molar-refractivity contribution is 7.26. The van der Waals surface area contributed by atoms with Crippen LogP contribution in [0.15, 0.2) is 103 Å². The third-order valence-electron chi connectivity index (χ3n) is 13.3. The van der Waals surface area contributed by atoms with Crippen molar-refractivity contribution in [1.82, 2.24) is 0 Å². The molecule has 0 fully saturated rings. The van der Waals surface area contributed by atoms with Crippen LogP contribution in [0, 0.1) is 0 Å². The first-order chi connectivity index (χ1) is 28.6. The van der Waals surface area contributed by atoms with Gasteiger partial charge in [0.15, 0.2) is 0 Å². The minimum Gasteiger partial charge on any atom is -0.135 e. The molecule has 0 aliphatic carbocycles. The van der Waals surface area contributed by atoms with Crippen LogP contribution in [0.1, 0.15) is 157 Å². The van der Waals surface area contributed by atoms with Crippen LogP contribution in [-0.2, 0) is 38.9 Å². The van der Waals surface area contributed by atoms with Gasteiger partial charge in [0.05, 0.1) is 0 Å². The van der Waals surface area contributed by atoms with Gasteiger partial charge in [-0.2, -0.15) is 0 Å². The van der Waals surface area contributed by atoms with Crippen LogP contribution in [0.25, 0.3) is 62.6 Å². The van der Waals surface area contributed by atoms with Crippen molar-refractivity contribution in [3.05, 3.63) is 142 Å². The molecule has 2 heteroatoms. The minimum atomic E-state index is -0.158. The predicted molar refractivity (Wildman–Crippen MR) is 280 cm³/mol. The second-order valence-corrected chi connectivity index (χ2v) is 26.3. The van der Waals surface area contributed by atoms with Crippen LogP contribution in [0.2, 0.25) is 0 Å². The zero-order valence-electron chi connectivity index (χ0n) is 40.8. The zero-order chi connectivity index (χ0) is 45.1. The fraction of sp³-hybridized carbons (Fsp3) is 0.400. The maximum Gasteiger partial charge on any atom is 0.0434 e. The normalized spacial score (nSPS) is 13.6. The van der Waals surface area contributed by atoms with Gasteiger partial charge in [0.25, 0.3) is 0 Å². The van der Waals surface area contributed by atoms with Gasteiger partial charge in [-0.05, 0) is 124 Å². The largest absolute Gasteiger partial charge is 0.135 e. The molecule has 0 unspecified atom stereocenters. The Hall–Kier alpha value is -4.24. The van der Waals surface area contributed by atoms with E-state index >= 15 is 0 Å². The average Bonchev–Trinajstić information content (AvgIpc) is 3.74. The third kappa shape index (κ3) is 8.20. The lowest BCUT2D eigenvalue weighted by Gasteiger charge is -2.30. The van der Waals surface area contributed by atoms with Crippen molar-refractivity contribution in [3.63, 3.8) is 0 Å². The first-order valence-electron chi connectivity index (χ1n) is 22.9. The van der Waals surface area contributed by atoms with Gasteiger partial charge in [0, 0.05) is 40.3 Å². The molecule has 2 heterocycles. The minimum absolute atomic E-state index is 0.0166. The lowest BCUT2D eigenvalue weighted by molar-refractivity contribution is 0.518. The van der Waals surface area contributed by atoms with Crippen LogP contribution in [0.3, 0.4) is 0 Å². The molecule has 0 aliphatic heterocycles. The Morgan fingerprint density at radius 3 is 1.42 bits per heavy atom. The van der Waals surface area contributed by atoms with Crippen LogP contribution >= 0.6 is 22.7 Å². The van der Waals surface area contributed by atoms with E-state index in [9.17, 15) is 0 Å². The maximum absolute atomic E-state index is 2.56. The van der Waals surface area contributed by atoms with E-state index in [2.05, 4.69) is 221 Å². The van der Waals surface area contributed by atoms with Crippen molar-refractivity contribution in [2.24, 2.45) is 0 Å². The molecule has 8 aromatic rings. The van der Waals surface area contributed by atoms with Gasteiger partial charge < -0.3 is 0 Å². The second-order valence-electron chi connectivity index (χ2n) is 24.2. The molecule has 62 heavy (non-hydrogen) atoms. The van der Waals surface area contributed by atoms with E-state index in [1.165, 1.54) is 102 Å². The Balaban J connectivity index is 1.36. The van der Waals surface area contributed by atoms with Crippen molar-refractivity contribution in [2.45, 2.75) is 157 Å². The molecule has 0 amide bonds. The SMILES string of the molecule is CC(C)(C)c1cc(-c2cc(CC(C)(C)c3cc(-c4cccc5sc6cccc(C(C)(C)C)c6c45)cc(C(C)(C)C)c3)cc3c2sc2c(C(C)(C)C)cccc23)cc(C(C)(C)C)c1. The van der Waals surface area contributed by atoms with E-state index < -0.39 is 0 Å². The number of thiophene rings is 2. The van der Waals surface area contributed by atoms with E-state index in [0.717, 1.165) is 6.42 Å². The molecule has 0 aliphatic rings. The van der Waals surface area contributed by atoms with Crippen molar-refractivity contribution in [1.29, 1.82) is 0 Å². The average molecular weight is 855 g/mol. The van der Waals surface area contributed by atoms with Crippen LogP contribution in [0.4, 0.5) is 0 Å². The smallest absolute Gasteiger partial charge is 0.0434 e. The summed E-state index contributed by atoms with van der Waals surface area (Å²) in [7, 11) is 0. The fourth-order valence-corrected chi connectivity index (χ4v) is 12.2. The van der Waals surface area contributed by atoms with E-state index in [0.29, 0.717) is 0 Å². The Morgan fingerprint density at radius 1 is 0.371 bits per heavy atom. The monoisotopic (exact) mass is 854 g/mol. The summed E-state index contributed by atoms with van der Waals surface area (Å²) in [6.07, 6.45) is 0.921. The number of hydrogen-bond donors (Lipinski definition) is 0. The van der Waals surface area contributed by atoms with E-state index in [1.54, 1.807) is 0 Å². The molecule has 0 spiro atoms. The fourth-order valence-electron chi connectivity index (χ4n) is 9.47. The van der Waals surface area contributed by atoms with E-state index in [1.807, 2.05) is 22.7 Å². The first kappa shape index (κ1) is 44.4. The molecule has 2 aromatic heterocycles. The molecule has 322 valence electrons. The number of rotatable bonds is 5. The van der Waals surface area contributed by atoms with Crippen molar-refractivity contribution in [2.75, 3.05) is 0 Å². The topological polar surface area (TPSA) is 0 Å². The highest BCUT2D eigenvalue weighted by atomic mass is 32.1. The van der Waals surface area contributed by atoms with Crippen LogP contribution in [-0.4, -0.2) is 0 Å².